The molecule has 0 aliphatic rings. The Balaban J connectivity index is 4.48. The van der Waals surface area contributed by atoms with Gasteiger partial charge in [-0.15, -0.1) is 9.66 Å². The van der Waals surface area contributed by atoms with Crippen LogP contribution in [0.25, 0.3) is 0 Å². The molecule has 0 spiro atoms. The third-order valence-corrected chi connectivity index (χ3v) is 3.75. The number of unbranched alkanes of at least 4 members (excludes halogenated alkanes) is 1. The molecule has 6 nitrogen and oxygen atoms in total. The SMILES string of the molecule is CCCCS(=O)(=O)NNS(=O)(=O)C(F)(F)F. The van der Waals surface area contributed by atoms with Crippen LogP contribution in [0.15, 0.2) is 0 Å². The molecule has 0 amide bonds. The van der Waals surface area contributed by atoms with Gasteiger partial charge >= 0.3 is 15.5 Å². The van der Waals surface area contributed by atoms with Crippen molar-refractivity contribution < 1.29 is 30.0 Å². The van der Waals surface area contributed by atoms with E-state index >= 15 is 0 Å². The minimum atomic E-state index is -5.70. The van der Waals surface area contributed by atoms with Gasteiger partial charge in [-0.3, -0.25) is 0 Å². The monoisotopic (exact) mass is 284 g/mol. The number of halogens is 3. The molecule has 2 N–H and O–H groups in total. The zero-order valence-corrected chi connectivity index (χ0v) is 9.84. The van der Waals surface area contributed by atoms with Crippen LogP contribution in [0.2, 0.25) is 0 Å². The van der Waals surface area contributed by atoms with E-state index in [4.69, 9.17) is 0 Å². The predicted molar refractivity (Wildman–Crippen MR) is 49.9 cm³/mol. The highest BCUT2D eigenvalue weighted by molar-refractivity contribution is 7.92. The molecule has 0 heterocycles. The highest BCUT2D eigenvalue weighted by Crippen LogP contribution is 2.20. The molecule has 0 saturated heterocycles. The number of alkyl halides is 3. The first kappa shape index (κ1) is 15.6. The zero-order chi connectivity index (χ0) is 13.0. The fourth-order valence-corrected chi connectivity index (χ4v) is 2.39. The molecule has 0 aromatic heterocycles. The van der Waals surface area contributed by atoms with Gasteiger partial charge in [0.15, 0.2) is 0 Å². The van der Waals surface area contributed by atoms with E-state index in [2.05, 4.69) is 0 Å². The second-order valence-electron chi connectivity index (χ2n) is 2.83. The first-order valence-corrected chi connectivity index (χ1v) is 7.23. The van der Waals surface area contributed by atoms with Gasteiger partial charge in [0.05, 0.1) is 5.75 Å². The molecule has 0 saturated carbocycles. The Labute approximate surface area is 91.3 Å². The standard InChI is InChI=1S/C5H11F3N2O4S2/c1-2-3-4-15(11,12)9-10-16(13,14)5(6,7)8/h9-10H,2-4H2,1H3. The Kier molecular flexibility index (Phi) is 5.16. The van der Waals surface area contributed by atoms with E-state index in [9.17, 15) is 30.0 Å². The molecule has 0 bridgehead atoms. The summed E-state index contributed by atoms with van der Waals surface area (Å²) in [6, 6.07) is 0. The molecule has 0 aliphatic heterocycles. The van der Waals surface area contributed by atoms with Crippen LogP contribution in [-0.4, -0.2) is 28.1 Å². The lowest BCUT2D eigenvalue weighted by molar-refractivity contribution is -0.0449. The molecule has 0 aliphatic carbocycles. The van der Waals surface area contributed by atoms with Gasteiger partial charge in [0.1, 0.15) is 0 Å². The average Bonchev–Trinajstić information content (AvgIpc) is 2.10. The van der Waals surface area contributed by atoms with Gasteiger partial charge in [-0.1, -0.05) is 13.3 Å². The van der Waals surface area contributed by atoms with Gasteiger partial charge in [0.2, 0.25) is 10.0 Å². The van der Waals surface area contributed by atoms with Crippen LogP contribution in [0.5, 0.6) is 0 Å². The molecule has 0 aromatic rings. The van der Waals surface area contributed by atoms with Crippen molar-refractivity contribution in [1.82, 2.24) is 9.66 Å². The maximum atomic E-state index is 11.8. The van der Waals surface area contributed by atoms with E-state index in [1.54, 1.807) is 6.92 Å². The second-order valence-corrected chi connectivity index (χ2v) is 6.34. The van der Waals surface area contributed by atoms with Crippen LogP contribution < -0.4 is 9.66 Å². The average molecular weight is 284 g/mol. The number of hydrogen-bond acceptors (Lipinski definition) is 4. The van der Waals surface area contributed by atoms with Gasteiger partial charge in [-0.25, -0.2) is 16.8 Å². The van der Waals surface area contributed by atoms with Crippen LogP contribution in [-0.2, 0) is 20.0 Å². The molecule has 0 aromatic carbocycles. The normalized spacial score (nSPS) is 14.0. The first-order chi connectivity index (χ1) is 7.02. The van der Waals surface area contributed by atoms with E-state index in [0.29, 0.717) is 6.42 Å². The lowest BCUT2D eigenvalue weighted by Crippen LogP contribution is -2.47. The van der Waals surface area contributed by atoms with Crippen LogP contribution in [0.1, 0.15) is 19.8 Å². The van der Waals surface area contributed by atoms with E-state index < -0.39 is 31.3 Å². The molecule has 98 valence electrons. The largest absolute Gasteiger partial charge is 0.512 e. The van der Waals surface area contributed by atoms with Crippen molar-refractivity contribution in [2.75, 3.05) is 5.75 Å². The van der Waals surface area contributed by atoms with Gasteiger partial charge < -0.3 is 0 Å². The molecule has 0 fully saturated rings. The van der Waals surface area contributed by atoms with Crippen LogP contribution in [0.4, 0.5) is 13.2 Å². The number of nitrogens with one attached hydrogen (secondary N) is 2. The van der Waals surface area contributed by atoms with Crippen molar-refractivity contribution >= 4 is 20.0 Å². The zero-order valence-electron chi connectivity index (χ0n) is 8.20. The Hall–Kier alpha value is -0.390. The molecular formula is C5H11F3N2O4S2. The lowest BCUT2D eigenvalue weighted by Gasteiger charge is -2.10. The van der Waals surface area contributed by atoms with Crippen molar-refractivity contribution in [2.24, 2.45) is 0 Å². The van der Waals surface area contributed by atoms with Crippen LogP contribution in [0.3, 0.4) is 0 Å². The summed E-state index contributed by atoms with van der Waals surface area (Å²) >= 11 is 0. The molecule has 0 rings (SSSR count). The van der Waals surface area contributed by atoms with Crippen molar-refractivity contribution in [3.63, 3.8) is 0 Å². The maximum Gasteiger partial charge on any atom is 0.512 e. The van der Waals surface area contributed by atoms with Gasteiger partial charge in [0, 0.05) is 0 Å². The molecule has 0 radical (unpaired) electrons. The number of hydrazine groups is 1. The predicted octanol–water partition coefficient (Wildman–Crippen LogP) is 0.0601. The number of hydrogen-bond donors (Lipinski definition) is 2. The number of rotatable bonds is 6. The van der Waals surface area contributed by atoms with E-state index in [1.807, 2.05) is 0 Å². The summed E-state index contributed by atoms with van der Waals surface area (Å²) in [5.41, 5.74) is -5.56. The first-order valence-electron chi connectivity index (χ1n) is 4.09. The van der Waals surface area contributed by atoms with Crippen molar-refractivity contribution in [3.05, 3.63) is 0 Å². The highest BCUT2D eigenvalue weighted by Gasteiger charge is 2.46. The van der Waals surface area contributed by atoms with Crippen molar-refractivity contribution in [3.8, 4) is 0 Å². The van der Waals surface area contributed by atoms with Crippen molar-refractivity contribution in [1.29, 1.82) is 0 Å². The summed E-state index contributed by atoms with van der Waals surface area (Å²) in [5, 5.41) is 0. The van der Waals surface area contributed by atoms with E-state index in [-0.39, 0.29) is 6.42 Å². The fourth-order valence-electron chi connectivity index (χ4n) is 0.562. The summed E-state index contributed by atoms with van der Waals surface area (Å²) in [7, 11) is -9.77. The van der Waals surface area contributed by atoms with Gasteiger partial charge in [-0.05, 0) is 6.42 Å². The summed E-state index contributed by atoms with van der Waals surface area (Å²) in [5.74, 6) is -0.454. The third-order valence-electron chi connectivity index (χ3n) is 1.40. The fraction of sp³-hybridized carbons (Fsp3) is 1.00. The minimum absolute atomic E-state index is 0.211. The summed E-state index contributed by atoms with van der Waals surface area (Å²) in [4.78, 5) is 1.91. The molecule has 11 heteroatoms. The van der Waals surface area contributed by atoms with Gasteiger partial charge in [0.25, 0.3) is 0 Å². The Morgan fingerprint density at radius 3 is 1.94 bits per heavy atom. The maximum absolute atomic E-state index is 11.8. The quantitative estimate of drug-likeness (QED) is 0.675. The molecule has 16 heavy (non-hydrogen) atoms. The third kappa shape index (κ3) is 5.09. The highest BCUT2D eigenvalue weighted by atomic mass is 32.2. The number of sulfonamides is 2. The van der Waals surface area contributed by atoms with Crippen molar-refractivity contribution in [2.45, 2.75) is 25.3 Å². The Bertz CT molecular complexity index is 413. The Morgan fingerprint density at radius 2 is 1.56 bits per heavy atom. The minimum Gasteiger partial charge on any atom is -0.211 e. The van der Waals surface area contributed by atoms with Gasteiger partial charge in [-0.2, -0.15) is 13.2 Å². The lowest BCUT2D eigenvalue weighted by atomic mass is 10.4. The smallest absolute Gasteiger partial charge is 0.211 e. The topological polar surface area (TPSA) is 92.3 Å². The summed E-state index contributed by atoms with van der Waals surface area (Å²) in [6.45, 7) is 1.68. The summed E-state index contributed by atoms with van der Waals surface area (Å²) < 4.78 is 78.1. The molecule has 0 unspecified atom stereocenters. The van der Waals surface area contributed by atoms with Crippen LogP contribution >= 0.6 is 0 Å². The summed E-state index contributed by atoms with van der Waals surface area (Å²) in [6.07, 6.45) is 0.718. The van der Waals surface area contributed by atoms with E-state index in [0.717, 1.165) is 9.66 Å². The second kappa shape index (κ2) is 5.29. The van der Waals surface area contributed by atoms with Crippen LogP contribution in [0, 0.1) is 0 Å². The molecular weight excluding hydrogens is 273 g/mol. The molecule has 0 atom stereocenters. The Morgan fingerprint density at radius 1 is 1.06 bits per heavy atom. The van der Waals surface area contributed by atoms with E-state index in [1.165, 1.54) is 0 Å².